The number of amides is 3. The summed E-state index contributed by atoms with van der Waals surface area (Å²) >= 11 is 0. The van der Waals surface area contributed by atoms with Crippen molar-refractivity contribution in [3.05, 3.63) is 101 Å². The van der Waals surface area contributed by atoms with Crippen LogP contribution in [-0.4, -0.2) is 120 Å². The first kappa shape index (κ1) is 52.3. The third-order valence-corrected chi connectivity index (χ3v) is 9.77. The molecule has 0 aliphatic carbocycles. The van der Waals surface area contributed by atoms with Gasteiger partial charge in [-0.1, -0.05) is 59.7 Å². The van der Waals surface area contributed by atoms with Gasteiger partial charge in [0, 0.05) is 36.0 Å². The molecule has 18 nitrogen and oxygen atoms in total. The number of hydrogen-bond acceptors (Lipinski definition) is 13. The number of fused-ring (bicyclic) bond motifs is 1. The number of carbonyl (C=O) groups is 4. The van der Waals surface area contributed by atoms with E-state index in [4.69, 9.17) is 38.7 Å². The SMILES string of the molecule is COC(=O)C[C@H](NC(=O)[C@H](C)NC(=O)CCCN(C(=O)OC(C)(C)C)c1cc(C)ccn1)c1ccc(-c2ccc(OCCOCCOCCOCCOCCN=[N+]=[N-])c3ccccc23)cc1. The standard InChI is InChI=1S/C48H63N7O11/c1-34-19-20-50-43(32-34)55(47(59)66-48(3,4)5)22-9-12-44(56)52-35(2)46(58)53-41(33-45(57)60-6)37-15-13-36(14-16-37)38-17-18-42(40-11-8-7-10-39(38)40)65-31-30-64-29-28-63-27-26-62-25-24-61-23-21-51-54-49/h7-8,10-11,13-20,32,35,41H,9,12,21-31,33H2,1-6H3,(H,52,56)(H,53,58)/t35-,41-/m0/s1. The molecule has 1 aromatic heterocycles. The summed E-state index contributed by atoms with van der Waals surface area (Å²) in [5, 5.41) is 10.9. The van der Waals surface area contributed by atoms with Crippen LogP contribution >= 0.6 is 0 Å². The number of methoxy groups -OCH3 is 1. The lowest BCUT2D eigenvalue weighted by molar-refractivity contribution is -0.141. The second-order valence-corrected chi connectivity index (χ2v) is 16.1. The zero-order valence-electron chi connectivity index (χ0n) is 38.8. The molecule has 66 heavy (non-hydrogen) atoms. The van der Waals surface area contributed by atoms with Crippen LogP contribution in [0.4, 0.5) is 10.6 Å². The van der Waals surface area contributed by atoms with E-state index in [1.165, 1.54) is 12.0 Å². The van der Waals surface area contributed by atoms with Crippen LogP contribution in [0.1, 0.15) is 64.1 Å². The predicted molar refractivity (Wildman–Crippen MR) is 249 cm³/mol. The molecular formula is C48H63N7O11. The van der Waals surface area contributed by atoms with Gasteiger partial charge in [0.25, 0.3) is 0 Å². The molecule has 1 heterocycles. The van der Waals surface area contributed by atoms with Crippen LogP contribution in [0.3, 0.4) is 0 Å². The molecule has 3 amide bonds. The zero-order chi connectivity index (χ0) is 47.7. The molecule has 4 rings (SSSR count). The lowest BCUT2D eigenvalue weighted by Crippen LogP contribution is -2.46. The average Bonchev–Trinajstić information content (AvgIpc) is 3.29. The van der Waals surface area contributed by atoms with Gasteiger partial charge in [0.15, 0.2) is 0 Å². The number of anilines is 1. The summed E-state index contributed by atoms with van der Waals surface area (Å²) in [5.74, 6) is -0.251. The van der Waals surface area contributed by atoms with Crippen molar-refractivity contribution < 1.29 is 52.3 Å². The molecule has 0 unspecified atom stereocenters. The van der Waals surface area contributed by atoms with Gasteiger partial charge in [0.1, 0.15) is 29.8 Å². The van der Waals surface area contributed by atoms with Gasteiger partial charge in [-0.05, 0) is 92.4 Å². The second-order valence-electron chi connectivity index (χ2n) is 16.1. The van der Waals surface area contributed by atoms with Crippen LogP contribution in [0.25, 0.3) is 32.3 Å². The summed E-state index contributed by atoms with van der Waals surface area (Å²) in [6.07, 6.45) is 1.21. The van der Waals surface area contributed by atoms with Gasteiger partial charge in [-0.2, -0.15) is 0 Å². The Morgan fingerprint density at radius 2 is 1.45 bits per heavy atom. The molecule has 0 bridgehead atoms. The summed E-state index contributed by atoms with van der Waals surface area (Å²) in [7, 11) is 1.28. The van der Waals surface area contributed by atoms with Crippen molar-refractivity contribution in [3.8, 4) is 16.9 Å². The summed E-state index contributed by atoms with van der Waals surface area (Å²) < 4.78 is 38.6. The Bertz CT molecular complexity index is 2210. The van der Waals surface area contributed by atoms with E-state index in [-0.39, 0.29) is 31.7 Å². The molecule has 2 N–H and O–H groups in total. The van der Waals surface area contributed by atoms with E-state index in [1.807, 2.05) is 73.7 Å². The maximum absolute atomic E-state index is 13.5. The second kappa shape index (κ2) is 27.9. The van der Waals surface area contributed by atoms with Crippen molar-refractivity contribution in [2.45, 2.75) is 71.6 Å². The van der Waals surface area contributed by atoms with Gasteiger partial charge in [0.2, 0.25) is 11.8 Å². The Balaban J connectivity index is 1.27. The van der Waals surface area contributed by atoms with Gasteiger partial charge in [-0.15, -0.1) is 0 Å². The molecule has 3 aromatic carbocycles. The summed E-state index contributed by atoms with van der Waals surface area (Å²) in [4.78, 5) is 60.4. The summed E-state index contributed by atoms with van der Waals surface area (Å²) in [6.45, 7) is 12.9. The van der Waals surface area contributed by atoms with Crippen LogP contribution in [0.5, 0.6) is 5.75 Å². The quantitative estimate of drug-likeness (QED) is 0.0187. The monoisotopic (exact) mass is 913 g/mol. The van der Waals surface area contributed by atoms with E-state index in [0.717, 1.165) is 27.5 Å². The fourth-order valence-electron chi connectivity index (χ4n) is 6.53. The smallest absolute Gasteiger partial charge is 0.416 e. The van der Waals surface area contributed by atoms with Gasteiger partial charge >= 0.3 is 12.1 Å². The molecule has 0 aliphatic heterocycles. The molecular weight excluding hydrogens is 851 g/mol. The number of carbonyl (C=O) groups excluding carboxylic acids is 4. The number of hydrogen-bond donors (Lipinski definition) is 2. The lowest BCUT2D eigenvalue weighted by Gasteiger charge is -2.27. The van der Waals surface area contributed by atoms with E-state index < -0.39 is 35.7 Å². The molecule has 18 heteroatoms. The Hall–Kier alpha value is -6.30. The van der Waals surface area contributed by atoms with Crippen molar-refractivity contribution in [1.29, 1.82) is 0 Å². The maximum Gasteiger partial charge on any atom is 0.416 e. The molecule has 0 fully saturated rings. The Morgan fingerprint density at radius 1 is 0.818 bits per heavy atom. The number of nitrogens with zero attached hydrogens (tertiary/aromatic N) is 5. The third-order valence-electron chi connectivity index (χ3n) is 9.77. The zero-order valence-corrected chi connectivity index (χ0v) is 38.8. The predicted octanol–water partition coefficient (Wildman–Crippen LogP) is 7.41. The highest BCUT2D eigenvalue weighted by Gasteiger charge is 2.26. The molecule has 0 spiro atoms. The number of pyridine rings is 1. The van der Waals surface area contributed by atoms with Crippen molar-refractivity contribution >= 4 is 40.5 Å². The van der Waals surface area contributed by atoms with Crippen molar-refractivity contribution in [2.24, 2.45) is 5.11 Å². The van der Waals surface area contributed by atoms with Gasteiger partial charge < -0.3 is 43.8 Å². The fraction of sp³-hybridized carbons (Fsp3) is 0.479. The minimum atomic E-state index is -0.928. The van der Waals surface area contributed by atoms with Gasteiger partial charge in [0.05, 0.1) is 72.4 Å². The highest BCUT2D eigenvalue weighted by atomic mass is 16.6. The van der Waals surface area contributed by atoms with Crippen LogP contribution < -0.4 is 20.3 Å². The van der Waals surface area contributed by atoms with E-state index >= 15 is 0 Å². The van der Waals surface area contributed by atoms with Crippen molar-refractivity contribution in [3.63, 3.8) is 0 Å². The Morgan fingerprint density at radius 3 is 2.08 bits per heavy atom. The van der Waals surface area contributed by atoms with E-state index in [1.54, 1.807) is 40.0 Å². The van der Waals surface area contributed by atoms with E-state index in [9.17, 15) is 19.2 Å². The number of benzene rings is 3. The van der Waals surface area contributed by atoms with Crippen molar-refractivity contribution in [1.82, 2.24) is 15.6 Å². The van der Waals surface area contributed by atoms with Crippen LogP contribution in [-0.2, 0) is 42.8 Å². The number of aromatic nitrogens is 1. The molecule has 0 radical (unpaired) electrons. The first-order chi connectivity index (χ1) is 31.8. The van der Waals surface area contributed by atoms with Crippen LogP contribution in [0.15, 0.2) is 84.1 Å². The number of rotatable bonds is 28. The van der Waals surface area contributed by atoms with Crippen LogP contribution in [0, 0.1) is 6.92 Å². The normalized spacial score (nSPS) is 12.1. The summed E-state index contributed by atoms with van der Waals surface area (Å²) in [5.41, 5.74) is 11.0. The van der Waals surface area contributed by atoms with E-state index in [2.05, 4.69) is 25.6 Å². The largest absolute Gasteiger partial charge is 0.491 e. The van der Waals surface area contributed by atoms with Crippen LogP contribution in [0.2, 0.25) is 0 Å². The molecule has 2 atom stereocenters. The number of aryl methyl sites for hydroxylation is 1. The minimum absolute atomic E-state index is 0.0306. The number of ether oxygens (including phenoxy) is 7. The fourth-order valence-corrected chi connectivity index (χ4v) is 6.53. The highest BCUT2D eigenvalue weighted by molar-refractivity contribution is 6.00. The third kappa shape index (κ3) is 18.3. The number of nitrogens with one attached hydrogen (secondary N) is 2. The first-order valence-electron chi connectivity index (χ1n) is 22.0. The molecule has 0 aliphatic rings. The Labute approximate surface area is 386 Å². The molecule has 356 valence electrons. The number of esters is 1. The molecule has 0 saturated carbocycles. The Kier molecular flexibility index (Phi) is 22.1. The molecule has 0 saturated heterocycles. The average molecular weight is 914 g/mol. The number of azide groups is 1. The molecule has 4 aromatic rings. The first-order valence-corrected chi connectivity index (χ1v) is 22.0. The van der Waals surface area contributed by atoms with Gasteiger partial charge in [-0.3, -0.25) is 19.3 Å². The topological polar surface area (TPSA) is 222 Å². The van der Waals surface area contributed by atoms with E-state index in [0.29, 0.717) is 83.1 Å². The highest BCUT2D eigenvalue weighted by Crippen LogP contribution is 2.35. The van der Waals surface area contributed by atoms with Crippen molar-refractivity contribution in [2.75, 3.05) is 84.6 Å². The maximum atomic E-state index is 13.5. The minimum Gasteiger partial charge on any atom is -0.491 e. The van der Waals surface area contributed by atoms with Gasteiger partial charge in [-0.25, -0.2) is 9.78 Å². The lowest BCUT2D eigenvalue weighted by atomic mass is 9.95. The summed E-state index contributed by atoms with van der Waals surface area (Å²) in [6, 6.07) is 21.3.